The molecule has 1 rings (SSSR count). The first-order valence-corrected chi connectivity index (χ1v) is 7.82. The molecule has 21 heavy (non-hydrogen) atoms. The lowest BCUT2D eigenvalue weighted by atomic mass is 10.0. The molecule has 0 amide bonds. The fourth-order valence-electron chi connectivity index (χ4n) is 2.68. The first kappa shape index (κ1) is 18.1. The van der Waals surface area contributed by atoms with Crippen molar-refractivity contribution in [3.63, 3.8) is 0 Å². The fraction of sp³-hybridized carbons (Fsp3) is 0.647. The van der Waals surface area contributed by atoms with E-state index >= 15 is 0 Å². The first-order chi connectivity index (χ1) is 10.0. The van der Waals surface area contributed by atoms with Crippen molar-refractivity contribution in [3.8, 4) is 0 Å². The third-order valence-corrected chi connectivity index (χ3v) is 4.12. The van der Waals surface area contributed by atoms with Gasteiger partial charge < -0.3 is 10.2 Å². The van der Waals surface area contributed by atoms with E-state index in [9.17, 15) is 14.6 Å². The Morgan fingerprint density at radius 3 is 2.38 bits per heavy atom. The number of hydrogen-bond acceptors (Lipinski definition) is 3. The maximum absolute atomic E-state index is 13.5. The van der Waals surface area contributed by atoms with Crippen molar-refractivity contribution in [2.45, 2.75) is 52.2 Å². The Morgan fingerprint density at radius 1 is 1.19 bits per heavy atom. The first-order valence-electron chi connectivity index (χ1n) is 7.82. The van der Waals surface area contributed by atoms with Crippen molar-refractivity contribution in [1.29, 1.82) is 0 Å². The Balaban J connectivity index is 2.63. The predicted octanol–water partition coefficient (Wildman–Crippen LogP) is 3.04. The van der Waals surface area contributed by atoms with Gasteiger partial charge in [0.15, 0.2) is 0 Å². The van der Waals surface area contributed by atoms with Crippen LogP contribution in [0.1, 0.15) is 50.3 Å². The normalized spacial score (nSPS) is 13.1. The highest BCUT2D eigenvalue weighted by molar-refractivity contribution is 5.24. The quantitative estimate of drug-likeness (QED) is 0.736. The molecule has 0 aliphatic heterocycles. The van der Waals surface area contributed by atoms with Gasteiger partial charge in [0.2, 0.25) is 0 Å². The van der Waals surface area contributed by atoms with Crippen LogP contribution >= 0.6 is 0 Å². The topological polar surface area (TPSA) is 43.7 Å². The van der Waals surface area contributed by atoms with Crippen LogP contribution in [0.3, 0.4) is 0 Å². The summed E-state index contributed by atoms with van der Waals surface area (Å²) in [5, 5.41) is 19.4. The third kappa shape index (κ3) is 5.38. The van der Waals surface area contributed by atoms with Gasteiger partial charge in [0.25, 0.3) is 0 Å². The second-order valence-electron chi connectivity index (χ2n) is 5.54. The van der Waals surface area contributed by atoms with Crippen molar-refractivity contribution in [1.82, 2.24) is 4.90 Å². The standard InChI is InChI=1S/C17H28FNO2/c1-4-15(5-2)19(10-11-20)9-8-17(21)14-7-6-13(3)16(18)12-14/h6-7,12,15,17,20-21H,4-5,8-11H2,1-3H3. The maximum atomic E-state index is 13.5. The molecule has 3 nitrogen and oxygen atoms in total. The number of benzene rings is 1. The van der Waals surface area contributed by atoms with E-state index in [2.05, 4.69) is 18.7 Å². The highest BCUT2D eigenvalue weighted by atomic mass is 19.1. The smallest absolute Gasteiger partial charge is 0.126 e. The van der Waals surface area contributed by atoms with Gasteiger partial charge in [0.05, 0.1) is 12.7 Å². The molecule has 0 radical (unpaired) electrons. The Morgan fingerprint density at radius 2 is 1.86 bits per heavy atom. The molecule has 4 heteroatoms. The van der Waals surface area contributed by atoms with E-state index < -0.39 is 6.10 Å². The highest BCUT2D eigenvalue weighted by Gasteiger charge is 2.17. The number of rotatable bonds is 9. The molecule has 1 aromatic carbocycles. The van der Waals surface area contributed by atoms with Crippen molar-refractivity contribution in [2.75, 3.05) is 19.7 Å². The number of nitrogens with zero attached hydrogens (tertiary/aromatic N) is 1. The van der Waals surface area contributed by atoms with Crippen molar-refractivity contribution in [3.05, 3.63) is 35.1 Å². The molecule has 0 heterocycles. The van der Waals surface area contributed by atoms with Crippen LogP contribution in [-0.4, -0.2) is 40.9 Å². The Hall–Kier alpha value is -0.970. The number of aliphatic hydroxyl groups is 2. The van der Waals surface area contributed by atoms with Crippen molar-refractivity contribution >= 4 is 0 Å². The zero-order valence-corrected chi connectivity index (χ0v) is 13.3. The van der Waals surface area contributed by atoms with Crippen LogP contribution in [0, 0.1) is 12.7 Å². The molecule has 0 saturated carbocycles. The Kier molecular flexibility index (Phi) is 7.86. The Bertz CT molecular complexity index is 421. The van der Waals surface area contributed by atoms with E-state index in [1.807, 2.05) is 0 Å². The minimum atomic E-state index is -0.671. The molecule has 0 aliphatic rings. The van der Waals surface area contributed by atoms with Gasteiger partial charge in [0, 0.05) is 19.1 Å². The SMILES string of the molecule is CCC(CC)N(CCO)CCC(O)c1ccc(C)c(F)c1. The number of aliphatic hydroxyl groups excluding tert-OH is 2. The number of halogens is 1. The number of aryl methyl sites for hydroxylation is 1. The van der Waals surface area contributed by atoms with Crippen molar-refractivity contribution < 1.29 is 14.6 Å². The minimum absolute atomic E-state index is 0.117. The van der Waals surface area contributed by atoms with Crippen LogP contribution in [-0.2, 0) is 0 Å². The van der Waals surface area contributed by atoms with E-state index in [1.54, 1.807) is 19.1 Å². The van der Waals surface area contributed by atoms with Crippen LogP contribution in [0.15, 0.2) is 18.2 Å². The summed E-state index contributed by atoms with van der Waals surface area (Å²) in [6, 6.07) is 5.30. The molecule has 1 aromatic rings. The molecule has 1 atom stereocenters. The lowest BCUT2D eigenvalue weighted by molar-refractivity contribution is 0.103. The van der Waals surface area contributed by atoms with Crippen molar-refractivity contribution in [2.24, 2.45) is 0 Å². The summed E-state index contributed by atoms with van der Waals surface area (Å²) in [7, 11) is 0. The lowest BCUT2D eigenvalue weighted by Gasteiger charge is -2.30. The average Bonchev–Trinajstić information content (AvgIpc) is 2.48. The monoisotopic (exact) mass is 297 g/mol. The van der Waals surface area contributed by atoms with Gasteiger partial charge >= 0.3 is 0 Å². The summed E-state index contributed by atoms with van der Waals surface area (Å²) in [6.07, 6.45) is 1.91. The average molecular weight is 297 g/mol. The molecule has 120 valence electrons. The molecule has 2 N–H and O–H groups in total. The van der Waals surface area contributed by atoms with Gasteiger partial charge in [-0.1, -0.05) is 26.0 Å². The second kappa shape index (κ2) is 9.13. The molecular formula is C17H28FNO2. The number of hydrogen-bond donors (Lipinski definition) is 2. The van der Waals surface area contributed by atoms with Gasteiger partial charge in [0.1, 0.15) is 5.82 Å². The third-order valence-electron chi connectivity index (χ3n) is 4.12. The molecule has 0 bridgehead atoms. The summed E-state index contributed by atoms with van der Waals surface area (Å²) in [5.41, 5.74) is 1.21. The van der Waals surface area contributed by atoms with E-state index in [4.69, 9.17) is 0 Å². The summed E-state index contributed by atoms with van der Waals surface area (Å²) < 4.78 is 13.5. The second-order valence-corrected chi connectivity index (χ2v) is 5.54. The minimum Gasteiger partial charge on any atom is -0.395 e. The van der Waals surface area contributed by atoms with Crippen LogP contribution in [0.4, 0.5) is 4.39 Å². The molecule has 0 aromatic heterocycles. The maximum Gasteiger partial charge on any atom is 0.126 e. The van der Waals surface area contributed by atoms with Gasteiger partial charge in [-0.2, -0.15) is 0 Å². The van der Waals surface area contributed by atoms with E-state index in [-0.39, 0.29) is 12.4 Å². The molecule has 0 fully saturated rings. The van der Waals surface area contributed by atoms with E-state index in [0.29, 0.717) is 36.7 Å². The van der Waals surface area contributed by atoms with Crippen LogP contribution in [0.25, 0.3) is 0 Å². The summed E-state index contributed by atoms with van der Waals surface area (Å²) in [4.78, 5) is 2.20. The highest BCUT2D eigenvalue weighted by Crippen LogP contribution is 2.21. The zero-order valence-electron chi connectivity index (χ0n) is 13.3. The summed E-state index contributed by atoms with van der Waals surface area (Å²) >= 11 is 0. The zero-order chi connectivity index (χ0) is 15.8. The predicted molar refractivity (Wildman–Crippen MR) is 83.7 cm³/mol. The fourth-order valence-corrected chi connectivity index (χ4v) is 2.68. The van der Waals surface area contributed by atoms with E-state index in [1.165, 1.54) is 6.07 Å². The molecule has 0 aliphatic carbocycles. The van der Waals surface area contributed by atoms with Crippen LogP contribution < -0.4 is 0 Å². The van der Waals surface area contributed by atoms with E-state index in [0.717, 1.165) is 12.8 Å². The van der Waals surface area contributed by atoms with Crippen LogP contribution in [0.5, 0.6) is 0 Å². The van der Waals surface area contributed by atoms with Gasteiger partial charge in [-0.05, 0) is 43.4 Å². The van der Waals surface area contributed by atoms with Gasteiger partial charge in [-0.15, -0.1) is 0 Å². The van der Waals surface area contributed by atoms with Gasteiger partial charge in [-0.25, -0.2) is 4.39 Å². The largest absolute Gasteiger partial charge is 0.395 e. The van der Waals surface area contributed by atoms with Crippen LogP contribution in [0.2, 0.25) is 0 Å². The molecule has 0 spiro atoms. The summed E-state index contributed by atoms with van der Waals surface area (Å²) in [6.45, 7) is 7.40. The molecule has 0 saturated heterocycles. The molecule has 1 unspecified atom stereocenters. The lowest BCUT2D eigenvalue weighted by Crippen LogP contribution is -2.38. The Labute approximate surface area is 127 Å². The molecular weight excluding hydrogens is 269 g/mol. The summed E-state index contributed by atoms with van der Waals surface area (Å²) in [5.74, 6) is -0.279. The van der Waals surface area contributed by atoms with Gasteiger partial charge in [-0.3, -0.25) is 4.90 Å².